The van der Waals surface area contributed by atoms with Gasteiger partial charge in [0.05, 0.1) is 0 Å². The maximum Gasteiger partial charge on any atom is 0.250 e. The number of amides is 1. The summed E-state index contributed by atoms with van der Waals surface area (Å²) in [5, 5.41) is 11.3. The standard InChI is InChI=1S/C12H18N2O3/c15-10-4-2-7-13-11(16)6-9-14-8-3-1-5-12(14)17/h1,3,5,8,15H,2,4,6-7,9-10H2,(H,13,16). The van der Waals surface area contributed by atoms with Gasteiger partial charge in [-0.2, -0.15) is 0 Å². The van der Waals surface area contributed by atoms with Crippen molar-refractivity contribution in [2.45, 2.75) is 25.8 Å². The molecule has 0 unspecified atom stereocenters. The van der Waals surface area contributed by atoms with Crippen molar-refractivity contribution in [3.05, 3.63) is 34.7 Å². The molecule has 17 heavy (non-hydrogen) atoms. The smallest absolute Gasteiger partial charge is 0.250 e. The van der Waals surface area contributed by atoms with Gasteiger partial charge in [0.2, 0.25) is 5.91 Å². The van der Waals surface area contributed by atoms with E-state index >= 15 is 0 Å². The zero-order valence-electron chi connectivity index (χ0n) is 9.76. The second-order valence-corrected chi connectivity index (χ2v) is 3.76. The number of aryl methyl sites for hydroxylation is 1. The number of nitrogens with zero attached hydrogens (tertiary/aromatic N) is 1. The van der Waals surface area contributed by atoms with Gasteiger partial charge in [0.25, 0.3) is 5.56 Å². The molecular weight excluding hydrogens is 220 g/mol. The number of carbonyl (C=O) groups excluding carboxylic acids is 1. The molecule has 0 fully saturated rings. The molecule has 0 radical (unpaired) electrons. The van der Waals surface area contributed by atoms with Crippen LogP contribution in [-0.2, 0) is 11.3 Å². The predicted molar refractivity (Wildman–Crippen MR) is 64.6 cm³/mol. The average Bonchev–Trinajstić information content (AvgIpc) is 2.34. The highest BCUT2D eigenvalue weighted by Gasteiger charge is 2.01. The van der Waals surface area contributed by atoms with E-state index in [2.05, 4.69) is 5.32 Å². The Kier molecular flexibility index (Phi) is 6.03. The van der Waals surface area contributed by atoms with Gasteiger partial charge < -0.3 is 15.0 Å². The summed E-state index contributed by atoms with van der Waals surface area (Å²) >= 11 is 0. The van der Waals surface area contributed by atoms with Crippen LogP contribution in [0.5, 0.6) is 0 Å². The third kappa shape index (κ3) is 5.31. The van der Waals surface area contributed by atoms with Crippen molar-refractivity contribution in [1.29, 1.82) is 0 Å². The van der Waals surface area contributed by atoms with Crippen molar-refractivity contribution in [1.82, 2.24) is 9.88 Å². The molecule has 1 aromatic heterocycles. The second-order valence-electron chi connectivity index (χ2n) is 3.76. The van der Waals surface area contributed by atoms with E-state index in [9.17, 15) is 9.59 Å². The number of unbranched alkanes of at least 4 members (excludes halogenated alkanes) is 1. The highest BCUT2D eigenvalue weighted by molar-refractivity contribution is 5.75. The van der Waals surface area contributed by atoms with Gasteiger partial charge in [-0.1, -0.05) is 6.07 Å². The summed E-state index contributed by atoms with van der Waals surface area (Å²) in [5.41, 5.74) is -0.0967. The number of nitrogens with one attached hydrogen (secondary N) is 1. The topological polar surface area (TPSA) is 71.3 Å². The van der Waals surface area contributed by atoms with Gasteiger partial charge in [-0.3, -0.25) is 9.59 Å². The highest BCUT2D eigenvalue weighted by Crippen LogP contribution is 1.89. The summed E-state index contributed by atoms with van der Waals surface area (Å²) in [4.78, 5) is 22.7. The third-order valence-electron chi connectivity index (χ3n) is 2.39. The van der Waals surface area contributed by atoms with E-state index in [1.54, 1.807) is 18.3 Å². The molecule has 0 bridgehead atoms. The van der Waals surface area contributed by atoms with Crippen molar-refractivity contribution in [3.63, 3.8) is 0 Å². The van der Waals surface area contributed by atoms with Crippen molar-refractivity contribution < 1.29 is 9.90 Å². The maximum atomic E-state index is 11.4. The van der Waals surface area contributed by atoms with E-state index in [-0.39, 0.29) is 18.1 Å². The lowest BCUT2D eigenvalue weighted by molar-refractivity contribution is -0.121. The molecule has 0 aliphatic rings. The van der Waals surface area contributed by atoms with E-state index in [1.165, 1.54) is 10.6 Å². The number of pyridine rings is 1. The number of aliphatic hydroxyl groups excluding tert-OH is 1. The van der Waals surface area contributed by atoms with Crippen LogP contribution in [0.4, 0.5) is 0 Å². The second kappa shape index (κ2) is 7.62. The summed E-state index contributed by atoms with van der Waals surface area (Å²) in [6.45, 7) is 1.11. The van der Waals surface area contributed by atoms with Gasteiger partial charge >= 0.3 is 0 Å². The number of aromatic nitrogens is 1. The van der Waals surface area contributed by atoms with Gasteiger partial charge in [0.1, 0.15) is 0 Å². The molecule has 0 spiro atoms. The van der Waals surface area contributed by atoms with Crippen LogP contribution in [0.25, 0.3) is 0 Å². The zero-order chi connectivity index (χ0) is 12.5. The number of hydrogen-bond acceptors (Lipinski definition) is 3. The van der Waals surface area contributed by atoms with E-state index in [1.807, 2.05) is 0 Å². The quantitative estimate of drug-likeness (QED) is 0.663. The lowest BCUT2D eigenvalue weighted by Gasteiger charge is -2.06. The molecule has 0 aliphatic carbocycles. The van der Waals surface area contributed by atoms with Crippen molar-refractivity contribution in [3.8, 4) is 0 Å². The molecule has 2 N–H and O–H groups in total. The van der Waals surface area contributed by atoms with Crippen LogP contribution < -0.4 is 10.9 Å². The third-order valence-corrected chi connectivity index (χ3v) is 2.39. The molecular formula is C12H18N2O3. The number of hydrogen-bond donors (Lipinski definition) is 2. The predicted octanol–water partition coefficient (Wildman–Crippen LogP) is 0.127. The summed E-state index contributed by atoms with van der Waals surface area (Å²) in [6, 6.07) is 4.91. The molecule has 5 nitrogen and oxygen atoms in total. The Morgan fingerprint density at radius 2 is 2.18 bits per heavy atom. The van der Waals surface area contributed by atoms with Gasteiger partial charge in [-0.25, -0.2) is 0 Å². The van der Waals surface area contributed by atoms with Crippen molar-refractivity contribution in [2.24, 2.45) is 0 Å². The molecule has 0 saturated carbocycles. The van der Waals surface area contributed by atoms with Crippen LogP contribution in [0.3, 0.4) is 0 Å². The monoisotopic (exact) mass is 238 g/mol. The van der Waals surface area contributed by atoms with Crippen molar-refractivity contribution in [2.75, 3.05) is 13.2 Å². The van der Waals surface area contributed by atoms with Crippen molar-refractivity contribution >= 4 is 5.91 Å². The van der Waals surface area contributed by atoms with E-state index < -0.39 is 0 Å². The Morgan fingerprint density at radius 3 is 2.88 bits per heavy atom. The summed E-state index contributed by atoms with van der Waals surface area (Å²) in [6.07, 6.45) is 3.43. The van der Waals surface area contributed by atoms with Crippen LogP contribution in [0.1, 0.15) is 19.3 Å². The maximum absolute atomic E-state index is 11.4. The molecule has 1 rings (SSSR count). The SMILES string of the molecule is O=C(CCn1ccccc1=O)NCCCCO. The van der Waals surface area contributed by atoms with Gasteiger partial charge in [-0.05, 0) is 18.9 Å². The first-order chi connectivity index (χ1) is 8.24. The van der Waals surface area contributed by atoms with Gasteiger partial charge in [0, 0.05) is 38.4 Å². The lowest BCUT2D eigenvalue weighted by atomic mass is 10.3. The van der Waals surface area contributed by atoms with Gasteiger partial charge in [-0.15, -0.1) is 0 Å². The van der Waals surface area contributed by atoms with Gasteiger partial charge in [0.15, 0.2) is 0 Å². The Labute approximate surface area is 100 Å². The molecule has 1 aromatic rings. The fourth-order valence-corrected chi connectivity index (χ4v) is 1.42. The van der Waals surface area contributed by atoms with Crippen LogP contribution in [0, 0.1) is 0 Å². The minimum absolute atomic E-state index is 0.0707. The average molecular weight is 238 g/mol. The number of carbonyl (C=O) groups is 1. The highest BCUT2D eigenvalue weighted by atomic mass is 16.3. The minimum Gasteiger partial charge on any atom is -0.396 e. The van der Waals surface area contributed by atoms with E-state index in [4.69, 9.17) is 5.11 Å². The molecule has 1 amide bonds. The Bertz CT molecular complexity index is 401. The fraction of sp³-hybridized carbons (Fsp3) is 0.500. The first kappa shape index (κ1) is 13.4. The molecule has 0 saturated heterocycles. The summed E-state index contributed by atoms with van der Waals surface area (Å²) in [7, 11) is 0. The first-order valence-corrected chi connectivity index (χ1v) is 5.77. The number of rotatable bonds is 7. The van der Waals surface area contributed by atoms with Crippen LogP contribution in [0.2, 0.25) is 0 Å². The Hall–Kier alpha value is -1.62. The summed E-state index contributed by atoms with van der Waals surface area (Å²) in [5.74, 6) is -0.0707. The number of aliphatic hydroxyl groups is 1. The molecule has 0 aromatic carbocycles. The van der Waals surface area contributed by atoms with Crippen LogP contribution in [0.15, 0.2) is 29.2 Å². The summed E-state index contributed by atoms with van der Waals surface area (Å²) < 4.78 is 1.51. The Balaban J connectivity index is 2.24. The minimum atomic E-state index is -0.0967. The Morgan fingerprint density at radius 1 is 1.35 bits per heavy atom. The van der Waals surface area contributed by atoms with Crippen LogP contribution >= 0.6 is 0 Å². The molecule has 1 heterocycles. The largest absolute Gasteiger partial charge is 0.396 e. The molecule has 0 aliphatic heterocycles. The van der Waals surface area contributed by atoms with E-state index in [0.717, 1.165) is 6.42 Å². The normalized spacial score (nSPS) is 10.2. The lowest BCUT2D eigenvalue weighted by Crippen LogP contribution is -2.27. The van der Waals surface area contributed by atoms with E-state index in [0.29, 0.717) is 25.9 Å². The molecule has 94 valence electrons. The zero-order valence-corrected chi connectivity index (χ0v) is 9.76. The molecule has 0 atom stereocenters. The first-order valence-electron chi connectivity index (χ1n) is 5.77. The molecule has 5 heteroatoms. The fourth-order valence-electron chi connectivity index (χ4n) is 1.42. The van der Waals surface area contributed by atoms with Crippen LogP contribution in [-0.4, -0.2) is 28.7 Å².